The molecule has 1 atom stereocenters. The van der Waals surface area contributed by atoms with Gasteiger partial charge >= 0.3 is 6.09 Å². The van der Waals surface area contributed by atoms with E-state index in [0.717, 1.165) is 62.0 Å². The minimum Gasteiger partial charge on any atom is -0.450 e. The Labute approximate surface area is 189 Å². The van der Waals surface area contributed by atoms with Gasteiger partial charge in [0.15, 0.2) is 0 Å². The van der Waals surface area contributed by atoms with Gasteiger partial charge < -0.3 is 14.5 Å². The summed E-state index contributed by atoms with van der Waals surface area (Å²) in [6.07, 6.45) is 8.72. The molecule has 0 unspecified atom stereocenters. The van der Waals surface area contributed by atoms with Crippen molar-refractivity contribution in [1.82, 2.24) is 24.8 Å². The van der Waals surface area contributed by atoms with Gasteiger partial charge in [0.05, 0.1) is 18.5 Å². The third kappa shape index (κ3) is 4.03. The Kier molecular flexibility index (Phi) is 5.71. The molecule has 3 aliphatic rings. The lowest BCUT2D eigenvalue weighted by Crippen LogP contribution is -2.58. The number of anilines is 1. The van der Waals surface area contributed by atoms with Gasteiger partial charge in [-0.25, -0.2) is 9.78 Å². The van der Waals surface area contributed by atoms with E-state index in [1.165, 1.54) is 19.3 Å². The molecule has 3 fully saturated rings. The summed E-state index contributed by atoms with van der Waals surface area (Å²) in [6.45, 7) is 10.1. The second-order valence-electron chi connectivity index (χ2n) is 9.39. The Morgan fingerprint density at radius 3 is 2.72 bits per heavy atom. The number of pyridine rings is 1. The van der Waals surface area contributed by atoms with Crippen LogP contribution >= 0.6 is 0 Å². The molecule has 0 bridgehead atoms. The van der Waals surface area contributed by atoms with Crippen molar-refractivity contribution < 1.29 is 9.53 Å². The number of likely N-dealkylation sites (tertiary alicyclic amines) is 1. The van der Waals surface area contributed by atoms with E-state index in [1.807, 2.05) is 31.0 Å². The predicted octanol–water partition coefficient (Wildman–Crippen LogP) is 2.98. The van der Waals surface area contributed by atoms with Gasteiger partial charge in [-0.3, -0.25) is 14.9 Å². The molecule has 1 spiro atoms. The van der Waals surface area contributed by atoms with E-state index in [0.29, 0.717) is 18.1 Å². The quantitative estimate of drug-likeness (QED) is 0.729. The highest BCUT2D eigenvalue weighted by molar-refractivity contribution is 5.73. The Balaban J connectivity index is 1.20. The molecule has 8 nitrogen and oxygen atoms in total. The van der Waals surface area contributed by atoms with Crippen molar-refractivity contribution in [3.63, 3.8) is 0 Å². The van der Waals surface area contributed by atoms with E-state index in [-0.39, 0.29) is 6.09 Å². The number of aryl methyl sites for hydroxylation is 1. The molecule has 2 aromatic rings. The van der Waals surface area contributed by atoms with E-state index in [2.05, 4.69) is 25.8 Å². The van der Waals surface area contributed by atoms with Crippen molar-refractivity contribution in [3.8, 4) is 11.3 Å². The van der Waals surface area contributed by atoms with Gasteiger partial charge in [-0.05, 0) is 45.2 Å². The summed E-state index contributed by atoms with van der Waals surface area (Å²) >= 11 is 0. The van der Waals surface area contributed by atoms with Crippen LogP contribution in [0, 0.1) is 12.3 Å². The maximum absolute atomic E-state index is 11.9. The largest absolute Gasteiger partial charge is 0.450 e. The van der Waals surface area contributed by atoms with Crippen molar-refractivity contribution in [2.45, 2.75) is 39.2 Å². The van der Waals surface area contributed by atoms with Gasteiger partial charge in [-0.15, -0.1) is 0 Å². The highest BCUT2D eigenvalue weighted by Crippen LogP contribution is 2.47. The normalized spacial score (nSPS) is 22.8. The van der Waals surface area contributed by atoms with Gasteiger partial charge in [-0.1, -0.05) is 0 Å². The van der Waals surface area contributed by atoms with Crippen molar-refractivity contribution in [3.05, 3.63) is 36.4 Å². The molecule has 2 aromatic heterocycles. The Morgan fingerprint density at radius 2 is 2.00 bits per heavy atom. The maximum Gasteiger partial charge on any atom is 0.409 e. The van der Waals surface area contributed by atoms with Crippen LogP contribution in [0.15, 0.2) is 30.7 Å². The standard InChI is InChI=1S/C24H32N6O2/c1-3-32-23(31)30-16-24(17-30)7-6-19(14-24)28-10-12-29(13-11-28)22-20(5-4-18(2)27-22)21-15-25-8-9-26-21/h4-5,8-9,15,19H,3,6-7,10-14,16-17H2,1-2H3/t19-/m1/s1. The second kappa shape index (κ2) is 8.65. The molecule has 32 heavy (non-hydrogen) atoms. The number of hydrogen-bond acceptors (Lipinski definition) is 7. The highest BCUT2D eigenvalue weighted by atomic mass is 16.6. The zero-order chi connectivity index (χ0) is 22.1. The van der Waals surface area contributed by atoms with Crippen molar-refractivity contribution in [2.75, 3.05) is 50.8 Å². The summed E-state index contributed by atoms with van der Waals surface area (Å²) in [4.78, 5) is 32.5. The molecule has 2 saturated heterocycles. The average Bonchev–Trinajstić information content (AvgIpc) is 3.25. The molecule has 0 aromatic carbocycles. The SMILES string of the molecule is CCOC(=O)N1CC2(CC[C@@H](N3CCN(c4nc(C)ccc4-c4cnccn4)CC3)C2)C1. The zero-order valence-corrected chi connectivity index (χ0v) is 19.0. The van der Waals surface area contributed by atoms with Crippen LogP contribution in [0.25, 0.3) is 11.3 Å². The number of aromatic nitrogens is 3. The molecule has 1 aliphatic carbocycles. The molecule has 5 rings (SSSR count). The Morgan fingerprint density at radius 1 is 1.19 bits per heavy atom. The Hall–Kier alpha value is -2.74. The third-order valence-corrected chi connectivity index (χ3v) is 7.24. The van der Waals surface area contributed by atoms with Crippen LogP contribution in [0.1, 0.15) is 31.9 Å². The number of piperazine rings is 1. The van der Waals surface area contributed by atoms with E-state index in [1.54, 1.807) is 12.4 Å². The van der Waals surface area contributed by atoms with Gasteiger partial charge in [0.25, 0.3) is 0 Å². The van der Waals surface area contributed by atoms with Gasteiger partial charge in [-0.2, -0.15) is 0 Å². The van der Waals surface area contributed by atoms with Crippen LogP contribution in [-0.4, -0.2) is 82.8 Å². The summed E-state index contributed by atoms with van der Waals surface area (Å²) in [7, 11) is 0. The summed E-state index contributed by atoms with van der Waals surface area (Å²) in [5.74, 6) is 1.01. The topological polar surface area (TPSA) is 74.7 Å². The molecule has 170 valence electrons. The predicted molar refractivity (Wildman–Crippen MR) is 122 cm³/mol. The van der Waals surface area contributed by atoms with Crippen LogP contribution in [0.2, 0.25) is 0 Å². The molecule has 2 aliphatic heterocycles. The molecular weight excluding hydrogens is 404 g/mol. The lowest BCUT2D eigenvalue weighted by molar-refractivity contribution is -0.00294. The molecular formula is C24H32N6O2. The number of amides is 1. The highest BCUT2D eigenvalue weighted by Gasteiger charge is 2.51. The fourth-order valence-corrected chi connectivity index (χ4v) is 5.60. The monoisotopic (exact) mass is 436 g/mol. The van der Waals surface area contributed by atoms with Crippen molar-refractivity contribution >= 4 is 11.9 Å². The smallest absolute Gasteiger partial charge is 0.409 e. The average molecular weight is 437 g/mol. The fourth-order valence-electron chi connectivity index (χ4n) is 5.60. The molecule has 0 radical (unpaired) electrons. The van der Waals surface area contributed by atoms with Gasteiger partial charge in [0, 0.05) is 74.4 Å². The minimum absolute atomic E-state index is 0.153. The van der Waals surface area contributed by atoms with Crippen LogP contribution in [0.3, 0.4) is 0 Å². The summed E-state index contributed by atoms with van der Waals surface area (Å²) in [5.41, 5.74) is 3.24. The number of hydrogen-bond donors (Lipinski definition) is 0. The van der Waals surface area contributed by atoms with Crippen LogP contribution in [0.5, 0.6) is 0 Å². The van der Waals surface area contributed by atoms with Gasteiger partial charge in [0.2, 0.25) is 0 Å². The van der Waals surface area contributed by atoms with Crippen LogP contribution < -0.4 is 4.90 Å². The third-order valence-electron chi connectivity index (χ3n) is 7.24. The first-order valence-electron chi connectivity index (χ1n) is 11.7. The molecule has 1 amide bonds. The number of rotatable bonds is 4. The summed E-state index contributed by atoms with van der Waals surface area (Å²) < 4.78 is 5.15. The van der Waals surface area contributed by atoms with Crippen LogP contribution in [-0.2, 0) is 4.74 Å². The first kappa shape index (κ1) is 21.1. The van der Waals surface area contributed by atoms with Crippen LogP contribution in [0.4, 0.5) is 10.6 Å². The number of carbonyl (C=O) groups is 1. The van der Waals surface area contributed by atoms with Crippen molar-refractivity contribution in [1.29, 1.82) is 0 Å². The van der Waals surface area contributed by atoms with E-state index in [9.17, 15) is 4.79 Å². The minimum atomic E-state index is -0.153. The fraction of sp³-hybridized carbons (Fsp3) is 0.583. The Bertz CT molecular complexity index is 954. The van der Waals surface area contributed by atoms with E-state index < -0.39 is 0 Å². The molecule has 0 N–H and O–H groups in total. The number of ether oxygens (including phenoxy) is 1. The molecule has 1 saturated carbocycles. The van der Waals surface area contributed by atoms with Crippen molar-refractivity contribution in [2.24, 2.45) is 5.41 Å². The van der Waals surface area contributed by atoms with Gasteiger partial charge in [0.1, 0.15) is 5.82 Å². The molecule has 4 heterocycles. The lowest BCUT2D eigenvalue weighted by atomic mass is 9.78. The first-order chi connectivity index (χ1) is 15.6. The summed E-state index contributed by atoms with van der Waals surface area (Å²) in [5, 5.41) is 0. The molecule has 8 heteroatoms. The summed E-state index contributed by atoms with van der Waals surface area (Å²) in [6, 6.07) is 4.77. The number of nitrogens with zero attached hydrogens (tertiary/aromatic N) is 6. The number of carbonyl (C=O) groups excluding carboxylic acids is 1. The zero-order valence-electron chi connectivity index (χ0n) is 19.0. The maximum atomic E-state index is 11.9. The second-order valence-corrected chi connectivity index (χ2v) is 9.39. The van der Waals surface area contributed by atoms with E-state index in [4.69, 9.17) is 9.72 Å². The lowest BCUT2D eigenvalue weighted by Gasteiger charge is -2.48. The van der Waals surface area contributed by atoms with E-state index >= 15 is 0 Å². The first-order valence-corrected chi connectivity index (χ1v) is 11.7.